The largest absolute Gasteiger partial charge is 0.497 e. The van der Waals surface area contributed by atoms with Crippen molar-refractivity contribution in [2.24, 2.45) is 5.92 Å². The second kappa shape index (κ2) is 7.26. The lowest BCUT2D eigenvalue weighted by molar-refractivity contribution is -0.143. The summed E-state index contributed by atoms with van der Waals surface area (Å²) >= 11 is 0. The minimum absolute atomic E-state index is 0.0220. The normalized spacial score (nSPS) is 22.6. The number of hydrogen-bond donors (Lipinski definition) is 2. The Morgan fingerprint density at radius 1 is 1.36 bits per heavy atom. The Labute approximate surface area is 129 Å². The highest BCUT2D eigenvalue weighted by Gasteiger charge is 2.29. The zero-order chi connectivity index (χ0) is 16.1. The van der Waals surface area contributed by atoms with Crippen molar-refractivity contribution in [3.05, 3.63) is 29.8 Å². The molecule has 120 valence electrons. The lowest BCUT2D eigenvalue weighted by Gasteiger charge is -2.27. The molecule has 1 amide bonds. The lowest BCUT2D eigenvalue weighted by atomic mass is 9.94. The second-order valence-electron chi connectivity index (χ2n) is 5.46. The molecule has 1 aliphatic rings. The van der Waals surface area contributed by atoms with E-state index in [-0.39, 0.29) is 17.9 Å². The van der Waals surface area contributed by atoms with Crippen molar-refractivity contribution in [2.45, 2.75) is 31.9 Å². The Balaban J connectivity index is 2.07. The van der Waals surface area contributed by atoms with Crippen LogP contribution in [-0.4, -0.2) is 36.8 Å². The standard InChI is InChI=1S/C16H21NO5/c1-10-9-12(7-8-22-10)15(18)17-14(16(19)20)11-3-5-13(21-2)6-4-11/h3-6,10,12,14H,7-9H2,1-2H3,(H,17,18)(H,19,20). The Morgan fingerprint density at radius 3 is 2.59 bits per heavy atom. The van der Waals surface area contributed by atoms with Gasteiger partial charge in [-0.25, -0.2) is 4.79 Å². The molecule has 3 unspecified atom stereocenters. The number of amides is 1. The Morgan fingerprint density at radius 2 is 2.05 bits per heavy atom. The van der Waals surface area contributed by atoms with Crippen LogP contribution in [0.2, 0.25) is 0 Å². The molecule has 1 fully saturated rings. The summed E-state index contributed by atoms with van der Waals surface area (Å²) < 4.78 is 10.5. The summed E-state index contributed by atoms with van der Waals surface area (Å²) in [6.45, 7) is 2.44. The van der Waals surface area contributed by atoms with Gasteiger partial charge < -0.3 is 19.9 Å². The molecule has 1 aromatic rings. The quantitative estimate of drug-likeness (QED) is 0.865. The first kappa shape index (κ1) is 16.3. The van der Waals surface area contributed by atoms with Crippen molar-refractivity contribution in [1.29, 1.82) is 0 Å². The molecule has 6 heteroatoms. The zero-order valence-electron chi connectivity index (χ0n) is 12.7. The Hall–Kier alpha value is -2.08. The van der Waals surface area contributed by atoms with Crippen LogP contribution in [0.5, 0.6) is 5.75 Å². The van der Waals surface area contributed by atoms with E-state index in [4.69, 9.17) is 9.47 Å². The predicted molar refractivity (Wildman–Crippen MR) is 79.7 cm³/mol. The van der Waals surface area contributed by atoms with E-state index in [1.54, 1.807) is 24.3 Å². The summed E-state index contributed by atoms with van der Waals surface area (Å²) in [5, 5.41) is 12.0. The third-order valence-electron chi connectivity index (χ3n) is 3.84. The number of carbonyl (C=O) groups excluding carboxylic acids is 1. The average Bonchev–Trinajstić information content (AvgIpc) is 2.52. The van der Waals surface area contributed by atoms with Gasteiger partial charge in [-0.15, -0.1) is 0 Å². The number of methoxy groups -OCH3 is 1. The zero-order valence-corrected chi connectivity index (χ0v) is 12.7. The first-order valence-electron chi connectivity index (χ1n) is 7.30. The van der Waals surface area contributed by atoms with Crippen LogP contribution < -0.4 is 10.1 Å². The molecule has 1 saturated heterocycles. The minimum Gasteiger partial charge on any atom is -0.497 e. The molecule has 1 heterocycles. The second-order valence-corrected chi connectivity index (χ2v) is 5.46. The molecule has 0 radical (unpaired) electrons. The summed E-state index contributed by atoms with van der Waals surface area (Å²) in [6.07, 6.45) is 1.25. The molecular weight excluding hydrogens is 286 g/mol. The summed E-state index contributed by atoms with van der Waals surface area (Å²) in [7, 11) is 1.54. The van der Waals surface area contributed by atoms with Gasteiger partial charge in [0.05, 0.1) is 13.2 Å². The number of carboxylic acid groups (broad SMARTS) is 1. The van der Waals surface area contributed by atoms with E-state index in [9.17, 15) is 14.7 Å². The van der Waals surface area contributed by atoms with Gasteiger partial charge in [-0.05, 0) is 37.5 Å². The van der Waals surface area contributed by atoms with E-state index in [1.807, 2.05) is 6.92 Å². The van der Waals surface area contributed by atoms with Crippen molar-refractivity contribution in [1.82, 2.24) is 5.32 Å². The van der Waals surface area contributed by atoms with Crippen molar-refractivity contribution in [3.63, 3.8) is 0 Å². The lowest BCUT2D eigenvalue weighted by Crippen LogP contribution is -2.40. The Bertz CT molecular complexity index is 528. The van der Waals surface area contributed by atoms with E-state index in [0.717, 1.165) is 0 Å². The fourth-order valence-corrected chi connectivity index (χ4v) is 2.58. The number of nitrogens with one attached hydrogen (secondary N) is 1. The summed E-state index contributed by atoms with van der Waals surface area (Å²) in [5.74, 6) is -0.890. The van der Waals surface area contributed by atoms with E-state index in [1.165, 1.54) is 7.11 Å². The molecule has 3 atom stereocenters. The van der Waals surface area contributed by atoms with Gasteiger partial charge in [0.2, 0.25) is 5.91 Å². The van der Waals surface area contributed by atoms with Crippen LogP contribution in [0.25, 0.3) is 0 Å². The van der Waals surface area contributed by atoms with Gasteiger partial charge in [-0.1, -0.05) is 12.1 Å². The topological polar surface area (TPSA) is 84.9 Å². The van der Waals surface area contributed by atoms with Crippen molar-refractivity contribution in [3.8, 4) is 5.75 Å². The Kier molecular flexibility index (Phi) is 5.38. The molecule has 0 aromatic heterocycles. The van der Waals surface area contributed by atoms with E-state index < -0.39 is 12.0 Å². The van der Waals surface area contributed by atoms with Crippen molar-refractivity contribution >= 4 is 11.9 Å². The highest BCUT2D eigenvalue weighted by Crippen LogP contribution is 2.23. The molecule has 1 aromatic carbocycles. The van der Waals surface area contributed by atoms with Crippen LogP contribution >= 0.6 is 0 Å². The molecule has 2 N–H and O–H groups in total. The maximum absolute atomic E-state index is 12.3. The van der Waals surface area contributed by atoms with Crippen LogP contribution in [0, 0.1) is 5.92 Å². The van der Waals surface area contributed by atoms with Gasteiger partial charge in [0.1, 0.15) is 5.75 Å². The van der Waals surface area contributed by atoms with Crippen molar-refractivity contribution in [2.75, 3.05) is 13.7 Å². The third-order valence-corrected chi connectivity index (χ3v) is 3.84. The minimum atomic E-state index is -1.08. The maximum Gasteiger partial charge on any atom is 0.330 e. The van der Waals surface area contributed by atoms with Crippen LogP contribution in [0.15, 0.2) is 24.3 Å². The van der Waals surface area contributed by atoms with E-state index >= 15 is 0 Å². The SMILES string of the molecule is COc1ccc(C(NC(=O)C2CCOC(C)C2)C(=O)O)cc1. The number of aliphatic carboxylic acids is 1. The van der Waals surface area contributed by atoms with Gasteiger partial charge >= 0.3 is 5.97 Å². The van der Waals surface area contributed by atoms with E-state index in [0.29, 0.717) is 30.8 Å². The first-order valence-corrected chi connectivity index (χ1v) is 7.30. The van der Waals surface area contributed by atoms with Gasteiger partial charge in [0, 0.05) is 12.5 Å². The molecule has 2 rings (SSSR count). The summed E-state index contributed by atoms with van der Waals surface area (Å²) in [6, 6.07) is 5.58. The molecule has 6 nitrogen and oxygen atoms in total. The molecule has 0 spiro atoms. The molecule has 22 heavy (non-hydrogen) atoms. The number of carboxylic acids is 1. The van der Waals surface area contributed by atoms with Crippen LogP contribution in [-0.2, 0) is 14.3 Å². The summed E-state index contributed by atoms with van der Waals surface area (Å²) in [4.78, 5) is 23.8. The van der Waals surface area contributed by atoms with Gasteiger partial charge in [-0.2, -0.15) is 0 Å². The smallest absolute Gasteiger partial charge is 0.330 e. The first-order chi connectivity index (χ1) is 10.5. The predicted octanol–water partition coefficient (Wildman–Crippen LogP) is 1.75. The van der Waals surface area contributed by atoms with Crippen molar-refractivity contribution < 1.29 is 24.2 Å². The van der Waals surface area contributed by atoms with Gasteiger partial charge in [-0.3, -0.25) is 4.79 Å². The fraction of sp³-hybridized carbons (Fsp3) is 0.500. The monoisotopic (exact) mass is 307 g/mol. The highest BCUT2D eigenvalue weighted by molar-refractivity contribution is 5.86. The summed E-state index contributed by atoms with van der Waals surface area (Å²) in [5.41, 5.74) is 0.516. The molecule has 0 bridgehead atoms. The van der Waals surface area contributed by atoms with Gasteiger partial charge in [0.25, 0.3) is 0 Å². The highest BCUT2D eigenvalue weighted by atomic mass is 16.5. The number of rotatable bonds is 5. The molecule has 0 aliphatic carbocycles. The molecular formula is C16H21NO5. The molecule has 1 aliphatic heterocycles. The fourth-order valence-electron chi connectivity index (χ4n) is 2.58. The number of benzene rings is 1. The van der Waals surface area contributed by atoms with Gasteiger partial charge in [0.15, 0.2) is 6.04 Å². The number of ether oxygens (including phenoxy) is 2. The third kappa shape index (κ3) is 3.98. The van der Waals surface area contributed by atoms with Crippen LogP contribution in [0.1, 0.15) is 31.4 Å². The number of carbonyl (C=O) groups is 2. The maximum atomic E-state index is 12.3. The van der Waals surface area contributed by atoms with Crippen LogP contribution in [0.3, 0.4) is 0 Å². The number of hydrogen-bond acceptors (Lipinski definition) is 4. The average molecular weight is 307 g/mol. The van der Waals surface area contributed by atoms with E-state index in [2.05, 4.69) is 5.32 Å². The van der Waals surface area contributed by atoms with Crippen LogP contribution in [0.4, 0.5) is 0 Å². The molecule has 0 saturated carbocycles.